The average Bonchev–Trinajstić information content (AvgIpc) is 3.14. The molecule has 2 aromatic carbocycles. The van der Waals surface area contributed by atoms with Crippen molar-refractivity contribution in [3.8, 4) is 0 Å². The number of amides is 4. The minimum absolute atomic E-state index is 0.0286. The Morgan fingerprint density at radius 2 is 1.29 bits per heavy atom. The average molecular weight is 785 g/mol. The summed E-state index contributed by atoms with van der Waals surface area (Å²) in [4.78, 5) is 87.9. The van der Waals surface area contributed by atoms with Crippen LogP contribution in [0, 0.1) is 11.8 Å². The molecule has 4 amide bonds. The van der Waals surface area contributed by atoms with Crippen molar-refractivity contribution in [2.24, 2.45) is 11.8 Å². The summed E-state index contributed by atoms with van der Waals surface area (Å²) >= 11 is 0. The highest BCUT2D eigenvalue weighted by Gasteiger charge is 2.45. The maximum absolute atomic E-state index is 13.8. The number of nitrogens with one attached hydrogen (secondary N) is 4. The third-order valence-corrected chi connectivity index (χ3v) is 8.91. The van der Waals surface area contributed by atoms with Crippen LogP contribution in [0.4, 0.5) is 0 Å². The number of carboxylic acids is 3. The van der Waals surface area contributed by atoms with Gasteiger partial charge in [-0.1, -0.05) is 81.4 Å². The topological polar surface area (TPSA) is 256 Å². The quantitative estimate of drug-likeness (QED) is 0.0878. The molecule has 1 heterocycles. The van der Waals surface area contributed by atoms with E-state index >= 15 is 0 Å². The van der Waals surface area contributed by atoms with Crippen LogP contribution in [0.3, 0.4) is 0 Å². The normalized spacial score (nSPS) is 20.1. The second kappa shape index (κ2) is 22.2. The molecule has 0 spiro atoms. The Kier molecular flexibility index (Phi) is 17.9. The fourth-order valence-electron chi connectivity index (χ4n) is 6.13. The molecular weight excluding hydrogens is 732 g/mol. The van der Waals surface area contributed by atoms with Crippen LogP contribution in [-0.4, -0.2) is 119 Å². The summed E-state index contributed by atoms with van der Waals surface area (Å²) in [6, 6.07) is 13.4. The van der Waals surface area contributed by atoms with Crippen LogP contribution in [-0.2, 0) is 60.6 Å². The van der Waals surface area contributed by atoms with Gasteiger partial charge in [0.1, 0.15) is 30.8 Å². The van der Waals surface area contributed by atoms with Crippen molar-refractivity contribution in [2.45, 2.75) is 95.9 Å². The van der Waals surface area contributed by atoms with E-state index in [2.05, 4.69) is 21.3 Å². The standard InChI is InChI=1S/C39H52N4O13/c1-22(2)20-54-30-18-31(55-21-34(47)48)35(56-32(30)19-40-37(50)27(41-24(4)44)15-25-11-7-5-8-12-25)23(3)36(49)42-28(17-33(45)46)38(51)43-29(39(52)53)16-26-13-9-6-10-14-26/h5-14,22-23,27-32,35H,15-21H2,1-4H3,(H,40,50)(H,41,44)(H,42,49)(H,43,51)(H,45,46)(H,47,48)(H,52,53)/t23?,27-,28-,29-,30+,31-,32-,35+/m0/s1. The second-order valence-corrected chi connectivity index (χ2v) is 14.1. The van der Waals surface area contributed by atoms with Gasteiger partial charge in [-0.25, -0.2) is 9.59 Å². The lowest BCUT2D eigenvalue weighted by Crippen LogP contribution is -2.59. The Hall–Kier alpha value is -5.39. The highest BCUT2D eigenvalue weighted by molar-refractivity contribution is 5.93. The lowest BCUT2D eigenvalue weighted by atomic mass is 9.89. The molecule has 1 aliphatic heterocycles. The largest absolute Gasteiger partial charge is 0.481 e. The first kappa shape index (κ1) is 45.0. The van der Waals surface area contributed by atoms with Crippen molar-refractivity contribution in [3.63, 3.8) is 0 Å². The molecule has 306 valence electrons. The van der Waals surface area contributed by atoms with Gasteiger partial charge in [0.2, 0.25) is 23.6 Å². The number of rotatable bonds is 22. The van der Waals surface area contributed by atoms with Crippen LogP contribution >= 0.6 is 0 Å². The molecule has 7 N–H and O–H groups in total. The summed E-state index contributed by atoms with van der Waals surface area (Å²) in [7, 11) is 0. The van der Waals surface area contributed by atoms with Gasteiger partial charge >= 0.3 is 17.9 Å². The molecule has 0 saturated carbocycles. The Morgan fingerprint density at radius 1 is 0.714 bits per heavy atom. The first-order chi connectivity index (χ1) is 26.5. The SMILES string of the molecule is CC(=O)N[C@@H](Cc1ccccc1)C(=O)NC[C@@H]1O[C@H](C(C)C(=O)N[C@@H](CC(=O)O)C(=O)N[C@@H](Cc2ccccc2)C(=O)O)[C@@H](OCC(=O)O)C[C@H]1OCC(C)C. The van der Waals surface area contributed by atoms with Gasteiger partial charge in [0.05, 0.1) is 30.7 Å². The smallest absolute Gasteiger partial charge is 0.329 e. The lowest BCUT2D eigenvalue weighted by Gasteiger charge is -2.43. The van der Waals surface area contributed by atoms with E-state index in [1.807, 2.05) is 32.0 Å². The van der Waals surface area contributed by atoms with Crippen molar-refractivity contribution >= 4 is 41.5 Å². The molecule has 0 radical (unpaired) electrons. The first-order valence-electron chi connectivity index (χ1n) is 18.3. The Balaban J connectivity index is 1.84. The number of aliphatic carboxylic acids is 3. The Morgan fingerprint density at radius 3 is 1.80 bits per heavy atom. The molecule has 0 bridgehead atoms. The minimum atomic E-state index is -1.70. The zero-order valence-electron chi connectivity index (χ0n) is 31.8. The summed E-state index contributed by atoms with van der Waals surface area (Å²) in [6.45, 7) is 5.90. The van der Waals surface area contributed by atoms with Crippen molar-refractivity contribution in [1.82, 2.24) is 21.3 Å². The van der Waals surface area contributed by atoms with Gasteiger partial charge in [0.25, 0.3) is 0 Å². The number of carbonyl (C=O) groups is 7. The highest BCUT2D eigenvalue weighted by Crippen LogP contribution is 2.30. The highest BCUT2D eigenvalue weighted by atomic mass is 16.6. The van der Waals surface area contributed by atoms with E-state index in [4.69, 9.17) is 14.2 Å². The third-order valence-electron chi connectivity index (χ3n) is 8.91. The molecule has 1 saturated heterocycles. The fraction of sp³-hybridized carbons (Fsp3) is 0.513. The van der Waals surface area contributed by atoms with Crippen molar-refractivity contribution in [3.05, 3.63) is 71.8 Å². The maximum Gasteiger partial charge on any atom is 0.329 e. The van der Waals surface area contributed by atoms with Crippen LogP contribution in [0.25, 0.3) is 0 Å². The van der Waals surface area contributed by atoms with Gasteiger partial charge in [-0.3, -0.25) is 24.0 Å². The minimum Gasteiger partial charge on any atom is -0.481 e. The van der Waals surface area contributed by atoms with Gasteiger partial charge in [-0.15, -0.1) is 0 Å². The number of carboxylic acid groups (broad SMARTS) is 3. The van der Waals surface area contributed by atoms with E-state index in [-0.39, 0.29) is 38.3 Å². The van der Waals surface area contributed by atoms with Gasteiger partial charge in [0, 0.05) is 39.3 Å². The number of benzene rings is 2. The second-order valence-electron chi connectivity index (χ2n) is 14.1. The molecular formula is C39H52N4O13. The van der Waals surface area contributed by atoms with Crippen LogP contribution in [0.1, 0.15) is 51.7 Å². The fourth-order valence-corrected chi connectivity index (χ4v) is 6.13. The Labute approximate surface area is 324 Å². The molecule has 2 aromatic rings. The van der Waals surface area contributed by atoms with Crippen LogP contribution in [0.2, 0.25) is 0 Å². The summed E-state index contributed by atoms with van der Waals surface area (Å²) in [6.07, 6.45) is -4.67. The van der Waals surface area contributed by atoms with Crippen molar-refractivity contribution < 1.29 is 63.1 Å². The van der Waals surface area contributed by atoms with Gasteiger partial charge in [-0.2, -0.15) is 0 Å². The molecule has 17 nitrogen and oxygen atoms in total. The van der Waals surface area contributed by atoms with Crippen molar-refractivity contribution in [1.29, 1.82) is 0 Å². The van der Waals surface area contributed by atoms with E-state index in [0.717, 1.165) is 5.56 Å². The lowest BCUT2D eigenvalue weighted by molar-refractivity contribution is -0.211. The molecule has 17 heteroatoms. The zero-order chi connectivity index (χ0) is 41.4. The van der Waals surface area contributed by atoms with Gasteiger partial charge in [-0.05, 0) is 17.0 Å². The zero-order valence-corrected chi connectivity index (χ0v) is 31.8. The molecule has 0 aromatic heterocycles. The van der Waals surface area contributed by atoms with E-state index in [9.17, 15) is 48.9 Å². The van der Waals surface area contributed by atoms with Crippen molar-refractivity contribution in [2.75, 3.05) is 19.8 Å². The molecule has 56 heavy (non-hydrogen) atoms. The first-order valence-corrected chi connectivity index (χ1v) is 18.3. The molecule has 1 fully saturated rings. The van der Waals surface area contributed by atoms with Crippen LogP contribution in [0.5, 0.6) is 0 Å². The van der Waals surface area contributed by atoms with E-state index in [1.54, 1.807) is 42.5 Å². The third kappa shape index (κ3) is 15.0. The monoisotopic (exact) mass is 784 g/mol. The summed E-state index contributed by atoms with van der Waals surface area (Å²) in [5, 5.41) is 38.9. The van der Waals surface area contributed by atoms with Gasteiger partial charge < -0.3 is 50.8 Å². The van der Waals surface area contributed by atoms with E-state index < -0.39 is 103 Å². The summed E-state index contributed by atoms with van der Waals surface area (Å²) in [5.74, 6) is -8.10. The molecule has 1 aliphatic rings. The molecule has 8 atom stereocenters. The predicted molar refractivity (Wildman–Crippen MR) is 199 cm³/mol. The summed E-state index contributed by atoms with van der Waals surface area (Å²) in [5.41, 5.74) is 1.40. The number of hydrogen-bond acceptors (Lipinski definition) is 10. The summed E-state index contributed by atoms with van der Waals surface area (Å²) < 4.78 is 18.2. The number of carbonyl (C=O) groups excluding carboxylic acids is 4. The number of hydrogen-bond donors (Lipinski definition) is 7. The maximum atomic E-state index is 13.8. The number of ether oxygens (including phenoxy) is 3. The molecule has 1 unspecified atom stereocenters. The predicted octanol–water partition coefficient (Wildman–Crippen LogP) is 0.926. The van der Waals surface area contributed by atoms with E-state index in [0.29, 0.717) is 5.56 Å². The molecule has 3 rings (SSSR count). The van der Waals surface area contributed by atoms with Crippen LogP contribution in [0.15, 0.2) is 60.7 Å². The molecule has 0 aliphatic carbocycles. The van der Waals surface area contributed by atoms with Gasteiger partial charge in [0.15, 0.2) is 0 Å². The van der Waals surface area contributed by atoms with Crippen LogP contribution < -0.4 is 21.3 Å². The van der Waals surface area contributed by atoms with E-state index in [1.165, 1.54) is 13.8 Å². The Bertz CT molecular complexity index is 1640.